The standard InChI is InChI=1S/C16H32N4O4S4/c21-15(22)5-19-4-12(8-26)18-2-14(10-28)20(6-16(23)24)3-11(7-25)17-1-13(19)9-27/h11-14,17-18,25-28H,1-10H2,(H,21,22)(H,23,24)/t11-,12-,13-,14-/m1/s1. The predicted molar refractivity (Wildman–Crippen MR) is 125 cm³/mol. The number of aliphatic carboxylic acids is 2. The van der Waals surface area contributed by atoms with Crippen LogP contribution in [0.1, 0.15) is 0 Å². The summed E-state index contributed by atoms with van der Waals surface area (Å²) in [5.74, 6) is 0.279. The van der Waals surface area contributed by atoms with Crippen molar-refractivity contribution in [2.75, 3.05) is 62.3 Å². The number of carboxylic acid groups (broad SMARTS) is 2. The van der Waals surface area contributed by atoms with Crippen molar-refractivity contribution in [2.45, 2.75) is 24.2 Å². The van der Waals surface area contributed by atoms with Gasteiger partial charge < -0.3 is 20.8 Å². The van der Waals surface area contributed by atoms with E-state index < -0.39 is 11.9 Å². The number of carboxylic acids is 2. The maximum atomic E-state index is 11.4. The minimum absolute atomic E-state index is 0.0424. The summed E-state index contributed by atoms with van der Waals surface area (Å²) in [5, 5.41) is 25.5. The first-order chi connectivity index (χ1) is 13.3. The van der Waals surface area contributed by atoms with Gasteiger partial charge in [0.05, 0.1) is 13.1 Å². The van der Waals surface area contributed by atoms with Crippen LogP contribution in [0.15, 0.2) is 0 Å². The van der Waals surface area contributed by atoms with E-state index in [0.29, 0.717) is 49.2 Å². The van der Waals surface area contributed by atoms with Crippen LogP contribution in [0.5, 0.6) is 0 Å². The van der Waals surface area contributed by atoms with Crippen LogP contribution in [0.2, 0.25) is 0 Å². The zero-order valence-electron chi connectivity index (χ0n) is 15.8. The molecule has 0 radical (unpaired) electrons. The Morgan fingerprint density at radius 3 is 1.36 bits per heavy atom. The summed E-state index contributed by atoms with van der Waals surface area (Å²) >= 11 is 17.6. The number of hydrogen-bond acceptors (Lipinski definition) is 10. The van der Waals surface area contributed by atoms with E-state index in [-0.39, 0.29) is 37.3 Å². The fraction of sp³-hybridized carbons (Fsp3) is 0.875. The Kier molecular flexibility index (Phi) is 13.3. The van der Waals surface area contributed by atoms with E-state index in [9.17, 15) is 19.8 Å². The van der Waals surface area contributed by atoms with Crippen LogP contribution < -0.4 is 10.6 Å². The molecule has 0 spiro atoms. The van der Waals surface area contributed by atoms with Gasteiger partial charge in [-0.05, 0) is 0 Å². The molecule has 164 valence electrons. The van der Waals surface area contributed by atoms with Crippen molar-refractivity contribution < 1.29 is 19.8 Å². The van der Waals surface area contributed by atoms with Gasteiger partial charge in [-0.25, -0.2) is 0 Å². The highest BCUT2D eigenvalue weighted by Gasteiger charge is 2.28. The third kappa shape index (κ3) is 9.33. The van der Waals surface area contributed by atoms with E-state index in [1.54, 1.807) is 0 Å². The third-order valence-electron chi connectivity index (χ3n) is 4.77. The normalized spacial score (nSPS) is 29.0. The molecule has 0 aromatic carbocycles. The first kappa shape index (κ1) is 26.2. The summed E-state index contributed by atoms with van der Waals surface area (Å²) in [6, 6.07) is -0.253. The molecule has 1 rings (SSSR count). The molecule has 0 saturated carbocycles. The van der Waals surface area contributed by atoms with Gasteiger partial charge in [-0.2, -0.15) is 50.5 Å². The molecule has 1 fully saturated rings. The molecule has 0 bridgehead atoms. The molecule has 0 unspecified atom stereocenters. The summed E-state index contributed by atoms with van der Waals surface area (Å²) in [6.45, 7) is 1.93. The van der Waals surface area contributed by atoms with Crippen molar-refractivity contribution >= 4 is 62.5 Å². The quantitative estimate of drug-likeness (QED) is 0.216. The molecule has 1 aliphatic rings. The smallest absolute Gasteiger partial charge is 0.317 e. The maximum absolute atomic E-state index is 11.4. The SMILES string of the molecule is O=C(O)CN1C[C@H](CS)NC[C@H](CS)N(CC(=O)O)C[C@H](CS)NC[C@@H]1CS. The average Bonchev–Trinajstić information content (AvgIpc) is 2.64. The van der Waals surface area contributed by atoms with Crippen LogP contribution in [0.25, 0.3) is 0 Å². The van der Waals surface area contributed by atoms with Gasteiger partial charge in [-0.3, -0.25) is 19.4 Å². The number of nitrogens with one attached hydrogen (secondary N) is 2. The second-order valence-electron chi connectivity index (χ2n) is 6.89. The topological polar surface area (TPSA) is 105 Å². The maximum Gasteiger partial charge on any atom is 0.317 e. The van der Waals surface area contributed by atoms with Crippen molar-refractivity contribution in [3.05, 3.63) is 0 Å². The van der Waals surface area contributed by atoms with Crippen molar-refractivity contribution in [3.8, 4) is 0 Å². The zero-order chi connectivity index (χ0) is 21.1. The molecular formula is C16H32N4O4S4. The molecule has 8 nitrogen and oxygen atoms in total. The molecule has 0 amide bonds. The molecule has 1 heterocycles. The van der Waals surface area contributed by atoms with E-state index >= 15 is 0 Å². The second-order valence-corrected chi connectivity index (χ2v) is 8.36. The summed E-state index contributed by atoms with van der Waals surface area (Å²) in [5.41, 5.74) is 0. The minimum Gasteiger partial charge on any atom is -0.480 e. The van der Waals surface area contributed by atoms with Crippen LogP contribution in [0.4, 0.5) is 0 Å². The molecule has 4 N–H and O–H groups in total. The molecular weight excluding hydrogens is 440 g/mol. The van der Waals surface area contributed by atoms with Crippen LogP contribution in [-0.4, -0.2) is 118 Å². The monoisotopic (exact) mass is 472 g/mol. The van der Waals surface area contributed by atoms with Crippen LogP contribution in [0.3, 0.4) is 0 Å². The first-order valence-electron chi connectivity index (χ1n) is 9.16. The van der Waals surface area contributed by atoms with Crippen LogP contribution in [0, 0.1) is 0 Å². The highest BCUT2D eigenvalue weighted by molar-refractivity contribution is 7.80. The predicted octanol–water partition coefficient (Wildman–Crippen LogP) is -0.854. The fourth-order valence-electron chi connectivity index (χ4n) is 3.20. The molecule has 0 aromatic rings. The van der Waals surface area contributed by atoms with Gasteiger partial charge in [0, 0.05) is 73.4 Å². The van der Waals surface area contributed by atoms with Crippen molar-refractivity contribution in [2.24, 2.45) is 0 Å². The fourth-order valence-corrected chi connectivity index (χ4v) is 4.41. The van der Waals surface area contributed by atoms with Gasteiger partial charge in [0.1, 0.15) is 0 Å². The highest BCUT2D eigenvalue weighted by atomic mass is 32.1. The van der Waals surface area contributed by atoms with Crippen LogP contribution >= 0.6 is 50.5 Å². The average molecular weight is 473 g/mol. The van der Waals surface area contributed by atoms with E-state index in [2.05, 4.69) is 61.1 Å². The molecule has 1 aliphatic heterocycles. The Morgan fingerprint density at radius 2 is 1.11 bits per heavy atom. The van der Waals surface area contributed by atoms with Crippen molar-refractivity contribution in [1.82, 2.24) is 20.4 Å². The van der Waals surface area contributed by atoms with Gasteiger partial charge >= 0.3 is 11.9 Å². The largest absolute Gasteiger partial charge is 0.480 e. The highest BCUT2D eigenvalue weighted by Crippen LogP contribution is 2.10. The molecule has 0 aliphatic carbocycles. The molecule has 1 saturated heterocycles. The van der Waals surface area contributed by atoms with E-state index in [1.807, 2.05) is 9.80 Å². The lowest BCUT2D eigenvalue weighted by Gasteiger charge is -2.38. The van der Waals surface area contributed by atoms with Gasteiger partial charge in [-0.15, -0.1) is 0 Å². The minimum atomic E-state index is -0.886. The number of rotatable bonds is 8. The summed E-state index contributed by atoms with van der Waals surface area (Å²) in [4.78, 5) is 26.5. The van der Waals surface area contributed by atoms with Crippen molar-refractivity contribution in [1.29, 1.82) is 0 Å². The molecule has 12 heteroatoms. The lowest BCUT2D eigenvalue weighted by Crippen LogP contribution is -2.58. The lowest BCUT2D eigenvalue weighted by atomic mass is 10.1. The third-order valence-corrected chi connectivity index (χ3v) is 6.49. The number of nitrogens with zero attached hydrogens (tertiary/aromatic N) is 2. The number of hydrogen-bond donors (Lipinski definition) is 8. The summed E-state index contributed by atoms with van der Waals surface area (Å²) in [6.07, 6.45) is 0. The van der Waals surface area contributed by atoms with Gasteiger partial charge in [0.15, 0.2) is 0 Å². The van der Waals surface area contributed by atoms with Gasteiger partial charge in [-0.1, -0.05) is 0 Å². The zero-order valence-corrected chi connectivity index (χ0v) is 19.4. The number of carbonyl (C=O) groups is 2. The lowest BCUT2D eigenvalue weighted by molar-refractivity contribution is -0.139. The van der Waals surface area contributed by atoms with Gasteiger partial charge in [0.2, 0.25) is 0 Å². The molecule has 4 atom stereocenters. The Balaban J connectivity index is 3.08. The Labute approximate surface area is 188 Å². The number of thiol groups is 4. The molecule has 28 heavy (non-hydrogen) atoms. The Morgan fingerprint density at radius 1 is 0.750 bits per heavy atom. The summed E-state index contributed by atoms with van der Waals surface area (Å²) < 4.78 is 0. The Bertz CT molecular complexity index is 450. The molecule has 0 aromatic heterocycles. The van der Waals surface area contributed by atoms with Crippen LogP contribution in [-0.2, 0) is 9.59 Å². The van der Waals surface area contributed by atoms with Gasteiger partial charge in [0.25, 0.3) is 0 Å². The van der Waals surface area contributed by atoms with Crippen molar-refractivity contribution in [3.63, 3.8) is 0 Å². The summed E-state index contributed by atoms with van der Waals surface area (Å²) in [7, 11) is 0. The van der Waals surface area contributed by atoms with E-state index in [0.717, 1.165) is 0 Å². The van der Waals surface area contributed by atoms with E-state index in [4.69, 9.17) is 0 Å². The first-order valence-corrected chi connectivity index (χ1v) is 11.7. The second kappa shape index (κ2) is 14.2. The van der Waals surface area contributed by atoms with E-state index in [1.165, 1.54) is 0 Å². The Hall–Kier alpha value is 0.180.